The largest absolute Gasteiger partial charge is 0.272 e. The van der Waals surface area contributed by atoms with Crippen molar-refractivity contribution >= 4 is 168 Å². The highest BCUT2D eigenvalue weighted by Crippen LogP contribution is 2.52. The van der Waals surface area contributed by atoms with E-state index in [1.54, 1.807) is 0 Å². The van der Waals surface area contributed by atoms with Gasteiger partial charge in [-0.05, 0) is 148 Å². The zero-order chi connectivity index (χ0) is 72.1. The smallest absolute Gasteiger partial charge is 0.262 e. The molecule has 102 heavy (non-hydrogen) atoms. The molecule has 6 heterocycles. The summed E-state index contributed by atoms with van der Waals surface area (Å²) in [4.78, 5) is 173. The number of hydrogen-bond acceptors (Lipinski definition) is 12. The van der Waals surface area contributed by atoms with Crippen molar-refractivity contribution in [3.8, 4) is 0 Å². The van der Waals surface area contributed by atoms with E-state index < -0.39 is 70.9 Å². The molecule has 0 aliphatic carbocycles. The van der Waals surface area contributed by atoms with Gasteiger partial charge in [0.05, 0.1) is 66.8 Å². The Bertz CT molecular complexity index is 4830. The Kier molecular flexibility index (Phi) is 14.3. The number of carbonyl (C=O) groups is 12. The van der Waals surface area contributed by atoms with Crippen LogP contribution in [0.25, 0.3) is 97.0 Å². The molecular formula is C84H66N6O12. The second-order valence-corrected chi connectivity index (χ2v) is 28.5. The molecule has 18 heteroatoms. The molecule has 0 N–H and O–H groups in total. The standard InChI is InChI=1S/3C28H22N2O4/c3*1-13(2)29-25(31)19-15-9-5-7-11-17(15)21-24-22(28(34)30(14(3)4)27(21)33)18-12-8-6-10-16(18)20(23(19)24)26(29)32/h3*5-14H,1-4H3. The monoisotopic (exact) mass is 1350 g/mol. The topological polar surface area (TPSA) is 224 Å². The van der Waals surface area contributed by atoms with Gasteiger partial charge in [0.1, 0.15) is 0 Å². The minimum Gasteiger partial charge on any atom is -0.272 e. The molecule has 12 aromatic rings. The summed E-state index contributed by atoms with van der Waals surface area (Å²) in [6.45, 7) is 21.7. The van der Waals surface area contributed by atoms with Crippen LogP contribution < -0.4 is 0 Å². The van der Waals surface area contributed by atoms with E-state index >= 15 is 0 Å². The third kappa shape index (κ3) is 8.33. The Balaban J connectivity index is 0.000000118. The number of hydrogen-bond donors (Lipinski definition) is 0. The molecule has 0 spiro atoms. The van der Waals surface area contributed by atoms with Gasteiger partial charge in [-0.15, -0.1) is 0 Å². The molecule has 12 aromatic carbocycles. The Labute approximate surface area is 583 Å². The molecule has 12 amide bonds. The first-order valence-electron chi connectivity index (χ1n) is 34.3. The zero-order valence-corrected chi connectivity index (χ0v) is 57.9. The number of rotatable bonds is 6. The van der Waals surface area contributed by atoms with Crippen molar-refractivity contribution in [2.24, 2.45) is 0 Å². The predicted molar refractivity (Wildman–Crippen MR) is 391 cm³/mol. The first-order valence-corrected chi connectivity index (χ1v) is 34.3. The van der Waals surface area contributed by atoms with E-state index in [2.05, 4.69) is 0 Å². The van der Waals surface area contributed by atoms with E-state index in [9.17, 15) is 57.5 Å². The maximum atomic E-state index is 13.8. The SMILES string of the molecule is CC(C)N1C(=O)c2c3ccccc3c3c4c(c5ccccc5c(c24)C1=O)C(=O)N(C(C)C)C3=O.CC(C)N1C(=O)c2c3ccccc3c3c4c(c5ccccc5c(c24)C1=O)C(=O)N(C(C)C)C3=O.CC(C)N1C(=O)c2c3ccccc3c3c4c(c5ccccc5c(c24)C1=O)C(=O)N(C(C)C)C3=O. The Morgan fingerprint density at radius 3 is 0.304 bits per heavy atom. The van der Waals surface area contributed by atoms with Crippen molar-refractivity contribution in [1.82, 2.24) is 29.4 Å². The van der Waals surface area contributed by atoms with Gasteiger partial charge in [-0.25, -0.2) is 0 Å². The van der Waals surface area contributed by atoms with Gasteiger partial charge in [-0.3, -0.25) is 86.9 Å². The van der Waals surface area contributed by atoms with Gasteiger partial charge < -0.3 is 0 Å². The number of benzene rings is 12. The molecule has 6 aliphatic rings. The number of amides is 12. The average molecular weight is 1350 g/mol. The molecule has 0 bridgehead atoms. The van der Waals surface area contributed by atoms with E-state index in [0.717, 1.165) is 0 Å². The Hall–Kier alpha value is -12.2. The maximum absolute atomic E-state index is 13.8. The highest BCUT2D eigenvalue weighted by molar-refractivity contribution is 6.47. The highest BCUT2D eigenvalue weighted by atomic mass is 16.2. The number of carbonyl (C=O) groups excluding carboxylic acids is 12. The van der Waals surface area contributed by atoms with Crippen molar-refractivity contribution in [2.75, 3.05) is 0 Å². The minimum atomic E-state index is -0.400. The van der Waals surface area contributed by atoms with Crippen LogP contribution in [0.1, 0.15) is 207 Å². The minimum absolute atomic E-state index is 0.354. The fourth-order valence-electron chi connectivity index (χ4n) is 16.9. The van der Waals surface area contributed by atoms with E-state index in [-0.39, 0.29) is 36.3 Å². The summed E-state index contributed by atoms with van der Waals surface area (Å²) in [6.07, 6.45) is 0. The van der Waals surface area contributed by atoms with Crippen LogP contribution in [0.5, 0.6) is 0 Å². The molecule has 0 atom stereocenters. The van der Waals surface area contributed by atoms with E-state index in [0.29, 0.717) is 164 Å². The van der Waals surface area contributed by atoms with Crippen LogP contribution in [0.15, 0.2) is 146 Å². The van der Waals surface area contributed by atoms with E-state index in [1.807, 2.05) is 229 Å². The summed E-state index contributed by atoms with van der Waals surface area (Å²) >= 11 is 0. The predicted octanol–water partition coefficient (Wildman–Crippen LogP) is 15.5. The van der Waals surface area contributed by atoms with Crippen molar-refractivity contribution in [1.29, 1.82) is 0 Å². The first-order chi connectivity index (χ1) is 48.8. The lowest BCUT2D eigenvalue weighted by molar-refractivity contribution is 0.0545. The molecule has 0 radical (unpaired) electrons. The van der Waals surface area contributed by atoms with Crippen LogP contribution in [-0.2, 0) is 0 Å². The fourth-order valence-corrected chi connectivity index (χ4v) is 16.9. The number of imide groups is 6. The lowest BCUT2D eigenvalue weighted by Crippen LogP contribution is -2.47. The second-order valence-electron chi connectivity index (χ2n) is 28.5. The lowest BCUT2D eigenvalue weighted by Gasteiger charge is -2.36. The van der Waals surface area contributed by atoms with Crippen molar-refractivity contribution in [3.63, 3.8) is 0 Å². The molecule has 18 nitrogen and oxygen atoms in total. The van der Waals surface area contributed by atoms with Crippen LogP contribution in [0.4, 0.5) is 0 Å². The molecular weight excluding hydrogens is 1280 g/mol. The Morgan fingerprint density at radius 1 is 0.157 bits per heavy atom. The second kappa shape index (κ2) is 22.7. The van der Waals surface area contributed by atoms with Gasteiger partial charge in [0, 0.05) is 68.6 Å². The lowest BCUT2D eigenvalue weighted by atomic mass is 9.78. The van der Waals surface area contributed by atoms with Crippen LogP contribution in [0.3, 0.4) is 0 Å². The number of nitrogens with zero attached hydrogens (tertiary/aromatic N) is 6. The third-order valence-electron chi connectivity index (χ3n) is 20.8. The number of fused-ring (bicyclic) bond motifs is 18. The van der Waals surface area contributed by atoms with Crippen LogP contribution in [-0.4, -0.2) is 137 Å². The van der Waals surface area contributed by atoms with Crippen molar-refractivity contribution in [2.45, 2.75) is 119 Å². The quantitative estimate of drug-likeness (QED) is 0.112. The molecule has 504 valence electrons. The van der Waals surface area contributed by atoms with Gasteiger partial charge in [-0.1, -0.05) is 146 Å². The van der Waals surface area contributed by atoms with Gasteiger partial charge >= 0.3 is 0 Å². The summed E-state index contributed by atoms with van der Waals surface area (Å²) in [5.41, 5.74) is 4.54. The maximum Gasteiger partial charge on any atom is 0.262 e. The van der Waals surface area contributed by atoms with Gasteiger partial charge in [0.25, 0.3) is 70.9 Å². The Morgan fingerprint density at radius 2 is 0.235 bits per heavy atom. The first kappa shape index (κ1) is 64.5. The average Bonchev–Trinajstić information content (AvgIpc) is 0.694. The molecule has 6 aliphatic heterocycles. The zero-order valence-electron chi connectivity index (χ0n) is 57.9. The summed E-state index contributed by atoms with van der Waals surface area (Å²) in [5, 5.41) is 9.85. The normalized spacial score (nSPS) is 15.7. The molecule has 0 saturated heterocycles. The summed E-state index contributed by atoms with van der Waals surface area (Å²) in [7, 11) is 0. The van der Waals surface area contributed by atoms with Crippen molar-refractivity contribution in [3.05, 3.63) is 212 Å². The van der Waals surface area contributed by atoms with Crippen molar-refractivity contribution < 1.29 is 57.5 Å². The highest BCUT2D eigenvalue weighted by Gasteiger charge is 2.49. The van der Waals surface area contributed by atoms with E-state index in [4.69, 9.17) is 0 Å². The van der Waals surface area contributed by atoms with Gasteiger partial charge in [0.2, 0.25) is 0 Å². The van der Waals surface area contributed by atoms with Gasteiger partial charge in [0.15, 0.2) is 0 Å². The fraction of sp³-hybridized carbons (Fsp3) is 0.214. The van der Waals surface area contributed by atoms with Gasteiger partial charge in [-0.2, -0.15) is 0 Å². The summed E-state index contributed by atoms with van der Waals surface area (Å²) in [6, 6.07) is 41.5. The molecule has 0 aromatic heterocycles. The molecule has 0 fully saturated rings. The van der Waals surface area contributed by atoms with Crippen LogP contribution in [0.2, 0.25) is 0 Å². The third-order valence-corrected chi connectivity index (χ3v) is 20.8. The molecule has 0 saturated carbocycles. The summed E-state index contributed by atoms with van der Waals surface area (Å²) in [5.74, 6) is -4.80. The van der Waals surface area contributed by atoms with Crippen LogP contribution >= 0.6 is 0 Å². The molecule has 18 rings (SSSR count). The van der Waals surface area contributed by atoms with Crippen LogP contribution in [0, 0.1) is 0 Å². The summed E-state index contributed by atoms with van der Waals surface area (Å²) < 4.78 is 0. The van der Waals surface area contributed by atoms with E-state index in [1.165, 1.54) is 29.4 Å². The molecule has 0 unspecified atom stereocenters.